The van der Waals surface area contributed by atoms with Crippen LogP contribution >= 0.6 is 0 Å². The van der Waals surface area contributed by atoms with Crippen LogP contribution in [0.25, 0.3) is 0 Å². The van der Waals surface area contributed by atoms with Crippen molar-refractivity contribution >= 4 is 0 Å². The number of benzene rings is 2. The average Bonchev–Trinajstić information content (AvgIpc) is 2.38. The van der Waals surface area contributed by atoms with Crippen LogP contribution in [0.5, 0.6) is 5.75 Å². The quantitative estimate of drug-likeness (QED) is 0.916. The molecule has 3 heteroatoms. The van der Waals surface area contributed by atoms with Gasteiger partial charge in [-0.15, -0.1) is 0 Å². The fourth-order valence-corrected chi connectivity index (χ4v) is 2.24. The SMILES string of the molecule is COc1ccc(C(C)(O)c2ccc(F)cc2C)cc1. The number of aliphatic hydroxyl groups is 1. The minimum atomic E-state index is -1.16. The molecule has 1 N–H and O–H groups in total. The number of hydrogen-bond acceptors (Lipinski definition) is 2. The summed E-state index contributed by atoms with van der Waals surface area (Å²) in [6, 6.07) is 11.6. The van der Waals surface area contributed by atoms with Crippen molar-refractivity contribution in [3.63, 3.8) is 0 Å². The molecule has 2 rings (SSSR count). The van der Waals surface area contributed by atoms with Gasteiger partial charge in [0.05, 0.1) is 7.11 Å². The van der Waals surface area contributed by atoms with Crippen LogP contribution < -0.4 is 4.74 Å². The molecule has 0 radical (unpaired) electrons. The minimum absolute atomic E-state index is 0.299. The molecular weight excluding hydrogens is 243 g/mol. The van der Waals surface area contributed by atoms with Gasteiger partial charge in [-0.1, -0.05) is 18.2 Å². The topological polar surface area (TPSA) is 29.5 Å². The highest BCUT2D eigenvalue weighted by Crippen LogP contribution is 2.32. The van der Waals surface area contributed by atoms with E-state index >= 15 is 0 Å². The Morgan fingerprint density at radius 1 is 1.11 bits per heavy atom. The van der Waals surface area contributed by atoms with Crippen LogP contribution in [0.2, 0.25) is 0 Å². The van der Waals surface area contributed by atoms with E-state index in [2.05, 4.69) is 0 Å². The third kappa shape index (κ3) is 2.61. The lowest BCUT2D eigenvalue weighted by Crippen LogP contribution is -2.24. The lowest BCUT2D eigenvalue weighted by atomic mass is 9.85. The molecule has 0 aliphatic carbocycles. The van der Waals surface area contributed by atoms with Crippen LogP contribution in [0.1, 0.15) is 23.6 Å². The number of methoxy groups -OCH3 is 1. The molecule has 0 heterocycles. The monoisotopic (exact) mass is 260 g/mol. The van der Waals surface area contributed by atoms with E-state index in [1.54, 1.807) is 39.2 Å². The smallest absolute Gasteiger partial charge is 0.123 e. The van der Waals surface area contributed by atoms with Crippen molar-refractivity contribution in [1.82, 2.24) is 0 Å². The lowest BCUT2D eigenvalue weighted by molar-refractivity contribution is 0.101. The van der Waals surface area contributed by atoms with Crippen molar-refractivity contribution < 1.29 is 14.2 Å². The Morgan fingerprint density at radius 2 is 1.74 bits per heavy atom. The summed E-state index contributed by atoms with van der Waals surface area (Å²) in [6.07, 6.45) is 0. The molecule has 0 aliphatic heterocycles. The highest BCUT2D eigenvalue weighted by Gasteiger charge is 2.27. The van der Waals surface area contributed by atoms with Gasteiger partial charge in [-0.3, -0.25) is 0 Å². The van der Waals surface area contributed by atoms with Crippen LogP contribution in [0, 0.1) is 12.7 Å². The first-order valence-electron chi connectivity index (χ1n) is 6.08. The van der Waals surface area contributed by atoms with Crippen LogP contribution in [0.3, 0.4) is 0 Å². The molecule has 0 saturated heterocycles. The molecule has 0 fully saturated rings. The summed E-state index contributed by atoms with van der Waals surface area (Å²) in [5.74, 6) is 0.433. The van der Waals surface area contributed by atoms with Crippen molar-refractivity contribution in [3.05, 3.63) is 65.0 Å². The number of rotatable bonds is 3. The summed E-state index contributed by atoms with van der Waals surface area (Å²) in [4.78, 5) is 0. The second-order valence-electron chi connectivity index (χ2n) is 4.76. The highest BCUT2D eigenvalue weighted by molar-refractivity contribution is 5.41. The number of hydrogen-bond donors (Lipinski definition) is 1. The lowest BCUT2D eigenvalue weighted by Gasteiger charge is -2.26. The van der Waals surface area contributed by atoms with Gasteiger partial charge in [0.2, 0.25) is 0 Å². The van der Waals surface area contributed by atoms with E-state index in [0.29, 0.717) is 5.56 Å². The Labute approximate surface area is 112 Å². The Bertz CT molecular complexity index is 574. The van der Waals surface area contributed by atoms with Crippen molar-refractivity contribution in [2.75, 3.05) is 7.11 Å². The molecule has 1 atom stereocenters. The zero-order valence-corrected chi connectivity index (χ0v) is 11.3. The summed E-state index contributed by atoms with van der Waals surface area (Å²) in [5.41, 5.74) is 0.993. The maximum absolute atomic E-state index is 13.1. The number of ether oxygens (including phenoxy) is 1. The second-order valence-corrected chi connectivity index (χ2v) is 4.76. The molecule has 100 valence electrons. The third-order valence-electron chi connectivity index (χ3n) is 3.37. The van der Waals surface area contributed by atoms with Crippen LogP contribution in [-0.2, 0) is 5.60 Å². The predicted octanol–water partition coefficient (Wildman–Crippen LogP) is 3.40. The van der Waals surface area contributed by atoms with Gasteiger partial charge in [-0.05, 0) is 54.8 Å². The van der Waals surface area contributed by atoms with E-state index in [1.165, 1.54) is 12.1 Å². The summed E-state index contributed by atoms with van der Waals surface area (Å²) < 4.78 is 18.2. The molecule has 19 heavy (non-hydrogen) atoms. The molecule has 2 nitrogen and oxygen atoms in total. The normalized spacial score (nSPS) is 13.9. The summed E-state index contributed by atoms with van der Waals surface area (Å²) in [7, 11) is 1.59. The van der Waals surface area contributed by atoms with E-state index in [9.17, 15) is 9.50 Å². The zero-order chi connectivity index (χ0) is 14.0. The Balaban J connectivity index is 2.45. The van der Waals surface area contributed by atoms with Gasteiger partial charge in [-0.25, -0.2) is 4.39 Å². The first-order chi connectivity index (χ1) is 8.95. The van der Waals surface area contributed by atoms with Crippen molar-refractivity contribution in [3.8, 4) is 5.75 Å². The van der Waals surface area contributed by atoms with Gasteiger partial charge in [0.25, 0.3) is 0 Å². The largest absolute Gasteiger partial charge is 0.497 e. The molecule has 0 aromatic heterocycles. The minimum Gasteiger partial charge on any atom is -0.497 e. The van der Waals surface area contributed by atoms with E-state index in [-0.39, 0.29) is 5.82 Å². The van der Waals surface area contributed by atoms with E-state index in [1.807, 2.05) is 12.1 Å². The van der Waals surface area contributed by atoms with Gasteiger partial charge in [0, 0.05) is 0 Å². The Hall–Kier alpha value is -1.87. The molecule has 2 aromatic rings. The standard InChI is InChI=1S/C16H17FO2/c1-11-10-13(17)6-9-15(11)16(2,18)12-4-7-14(19-3)8-5-12/h4-10,18H,1-3H3. The molecule has 0 aliphatic rings. The zero-order valence-electron chi connectivity index (χ0n) is 11.3. The Kier molecular flexibility index (Phi) is 3.58. The highest BCUT2D eigenvalue weighted by atomic mass is 19.1. The first kappa shape index (κ1) is 13.6. The van der Waals surface area contributed by atoms with Gasteiger partial charge in [0.1, 0.15) is 17.2 Å². The second kappa shape index (κ2) is 5.02. The molecular formula is C16H17FO2. The van der Waals surface area contributed by atoms with Gasteiger partial charge in [0.15, 0.2) is 0 Å². The molecule has 0 amide bonds. The van der Waals surface area contributed by atoms with Crippen LogP contribution in [0.15, 0.2) is 42.5 Å². The Morgan fingerprint density at radius 3 is 2.26 bits per heavy atom. The van der Waals surface area contributed by atoms with Crippen LogP contribution in [0.4, 0.5) is 4.39 Å². The van der Waals surface area contributed by atoms with Crippen molar-refractivity contribution in [2.24, 2.45) is 0 Å². The van der Waals surface area contributed by atoms with E-state index < -0.39 is 5.60 Å². The summed E-state index contributed by atoms with van der Waals surface area (Å²) in [5, 5.41) is 10.7. The van der Waals surface area contributed by atoms with Crippen molar-refractivity contribution in [1.29, 1.82) is 0 Å². The van der Waals surface area contributed by atoms with Crippen LogP contribution in [-0.4, -0.2) is 12.2 Å². The predicted molar refractivity (Wildman–Crippen MR) is 72.8 cm³/mol. The van der Waals surface area contributed by atoms with Gasteiger partial charge < -0.3 is 9.84 Å². The maximum atomic E-state index is 13.1. The molecule has 0 spiro atoms. The third-order valence-corrected chi connectivity index (χ3v) is 3.37. The average molecular weight is 260 g/mol. The summed E-state index contributed by atoms with van der Waals surface area (Å²) >= 11 is 0. The number of halogens is 1. The van der Waals surface area contributed by atoms with Gasteiger partial charge in [-0.2, -0.15) is 0 Å². The number of aryl methyl sites for hydroxylation is 1. The van der Waals surface area contributed by atoms with Gasteiger partial charge >= 0.3 is 0 Å². The van der Waals surface area contributed by atoms with Crippen molar-refractivity contribution in [2.45, 2.75) is 19.4 Å². The fraction of sp³-hybridized carbons (Fsp3) is 0.250. The molecule has 1 unspecified atom stereocenters. The summed E-state index contributed by atoms with van der Waals surface area (Å²) in [6.45, 7) is 3.49. The molecule has 2 aromatic carbocycles. The van der Waals surface area contributed by atoms with E-state index in [4.69, 9.17) is 4.74 Å². The maximum Gasteiger partial charge on any atom is 0.123 e. The fourth-order valence-electron chi connectivity index (χ4n) is 2.24. The first-order valence-corrected chi connectivity index (χ1v) is 6.08. The molecule has 0 bridgehead atoms. The molecule has 0 saturated carbocycles. The van der Waals surface area contributed by atoms with E-state index in [0.717, 1.165) is 16.9 Å².